The van der Waals surface area contributed by atoms with Crippen molar-refractivity contribution >= 4 is 11.6 Å². The minimum absolute atomic E-state index is 0.322. The SMILES string of the molecule is CNCc1cc(Cl)cc(OC)c1OCc1cn(C)nn1. The van der Waals surface area contributed by atoms with Gasteiger partial charge in [-0.15, -0.1) is 5.10 Å². The summed E-state index contributed by atoms with van der Waals surface area (Å²) < 4.78 is 12.8. The van der Waals surface area contributed by atoms with E-state index in [9.17, 15) is 0 Å². The summed E-state index contributed by atoms with van der Waals surface area (Å²) in [5, 5.41) is 11.5. The van der Waals surface area contributed by atoms with Crippen LogP contribution in [0.2, 0.25) is 5.02 Å². The molecule has 0 saturated carbocycles. The molecule has 0 fully saturated rings. The number of nitrogens with zero attached hydrogens (tertiary/aromatic N) is 3. The Labute approximate surface area is 122 Å². The molecular weight excluding hydrogens is 280 g/mol. The van der Waals surface area contributed by atoms with Crippen LogP contribution in [0.1, 0.15) is 11.3 Å². The fourth-order valence-corrected chi connectivity index (χ4v) is 2.10. The Morgan fingerprint density at radius 2 is 2.20 bits per heavy atom. The van der Waals surface area contributed by atoms with E-state index < -0.39 is 0 Å². The monoisotopic (exact) mass is 296 g/mol. The topological polar surface area (TPSA) is 61.2 Å². The molecule has 2 rings (SSSR count). The van der Waals surface area contributed by atoms with E-state index >= 15 is 0 Å². The lowest BCUT2D eigenvalue weighted by Gasteiger charge is -2.15. The van der Waals surface area contributed by atoms with Crippen molar-refractivity contribution < 1.29 is 9.47 Å². The highest BCUT2D eigenvalue weighted by molar-refractivity contribution is 6.30. The second-order valence-corrected chi connectivity index (χ2v) is 4.74. The van der Waals surface area contributed by atoms with Gasteiger partial charge in [-0.3, -0.25) is 4.68 Å². The summed E-state index contributed by atoms with van der Waals surface area (Å²) in [6.07, 6.45) is 1.81. The zero-order chi connectivity index (χ0) is 14.5. The third kappa shape index (κ3) is 3.40. The molecule has 0 atom stereocenters. The Hall–Kier alpha value is -1.79. The number of aromatic nitrogens is 3. The van der Waals surface area contributed by atoms with Crippen molar-refractivity contribution in [1.82, 2.24) is 20.3 Å². The number of halogens is 1. The molecule has 0 saturated heterocycles. The van der Waals surface area contributed by atoms with Crippen molar-refractivity contribution in [3.05, 3.63) is 34.6 Å². The predicted molar refractivity (Wildman–Crippen MR) is 76.1 cm³/mol. The van der Waals surface area contributed by atoms with Crippen LogP contribution >= 0.6 is 11.6 Å². The van der Waals surface area contributed by atoms with Crippen LogP contribution in [0.25, 0.3) is 0 Å². The average Bonchev–Trinajstić information content (AvgIpc) is 2.83. The Bertz CT molecular complexity index is 586. The number of hydrogen-bond acceptors (Lipinski definition) is 5. The van der Waals surface area contributed by atoms with Crippen molar-refractivity contribution in [3.63, 3.8) is 0 Å². The van der Waals surface area contributed by atoms with E-state index in [1.165, 1.54) is 0 Å². The van der Waals surface area contributed by atoms with Gasteiger partial charge in [0.15, 0.2) is 11.5 Å². The summed E-state index contributed by atoms with van der Waals surface area (Å²) in [7, 11) is 5.26. The van der Waals surface area contributed by atoms with Gasteiger partial charge in [-0.2, -0.15) is 0 Å². The van der Waals surface area contributed by atoms with Crippen molar-refractivity contribution in [1.29, 1.82) is 0 Å². The van der Waals surface area contributed by atoms with Crippen molar-refractivity contribution in [2.45, 2.75) is 13.2 Å². The summed E-state index contributed by atoms with van der Waals surface area (Å²) in [5.41, 5.74) is 1.68. The molecular formula is C13H17ClN4O2. The van der Waals surface area contributed by atoms with Crippen LogP contribution in [0.15, 0.2) is 18.3 Å². The maximum atomic E-state index is 6.07. The van der Waals surface area contributed by atoms with Crippen LogP contribution in [0.4, 0.5) is 0 Å². The minimum Gasteiger partial charge on any atom is -0.493 e. The molecule has 2 aromatic rings. The molecule has 0 aliphatic carbocycles. The standard InChI is InChI=1S/C13H17ClN4O2/c1-15-6-9-4-10(14)5-12(19-3)13(9)20-8-11-7-18(2)17-16-11/h4-5,7,15H,6,8H2,1-3H3. The Morgan fingerprint density at radius 3 is 2.80 bits per heavy atom. The lowest BCUT2D eigenvalue weighted by molar-refractivity contribution is 0.277. The predicted octanol–water partition coefficient (Wildman–Crippen LogP) is 1.78. The van der Waals surface area contributed by atoms with Crippen LogP contribution in [-0.2, 0) is 20.2 Å². The number of ether oxygens (including phenoxy) is 2. The molecule has 0 amide bonds. The largest absolute Gasteiger partial charge is 0.493 e. The van der Waals surface area contributed by atoms with Gasteiger partial charge in [-0.05, 0) is 13.1 Å². The van der Waals surface area contributed by atoms with Crippen LogP contribution in [0.5, 0.6) is 11.5 Å². The number of methoxy groups -OCH3 is 1. The third-order valence-corrected chi connectivity index (χ3v) is 2.92. The van der Waals surface area contributed by atoms with Gasteiger partial charge >= 0.3 is 0 Å². The Kier molecular flexibility index (Phi) is 4.81. The fourth-order valence-electron chi connectivity index (χ4n) is 1.87. The van der Waals surface area contributed by atoms with Crippen LogP contribution in [-0.4, -0.2) is 29.2 Å². The van der Waals surface area contributed by atoms with Gasteiger partial charge in [0.05, 0.1) is 13.3 Å². The molecule has 7 heteroatoms. The third-order valence-electron chi connectivity index (χ3n) is 2.70. The van der Waals surface area contributed by atoms with Gasteiger partial charge in [0.1, 0.15) is 12.3 Å². The van der Waals surface area contributed by atoms with Gasteiger partial charge < -0.3 is 14.8 Å². The quantitative estimate of drug-likeness (QED) is 0.880. The van der Waals surface area contributed by atoms with E-state index in [1.54, 1.807) is 24.1 Å². The molecule has 0 aliphatic heterocycles. The number of rotatable bonds is 6. The first kappa shape index (κ1) is 14.6. The molecule has 108 valence electrons. The van der Waals surface area contributed by atoms with E-state index in [-0.39, 0.29) is 0 Å². The average molecular weight is 297 g/mol. The molecule has 0 radical (unpaired) electrons. The van der Waals surface area contributed by atoms with E-state index in [2.05, 4.69) is 15.6 Å². The van der Waals surface area contributed by atoms with Crippen molar-refractivity contribution in [2.75, 3.05) is 14.2 Å². The Balaban J connectivity index is 2.23. The minimum atomic E-state index is 0.322. The lowest BCUT2D eigenvalue weighted by atomic mass is 10.2. The van der Waals surface area contributed by atoms with Gasteiger partial charge in [0.2, 0.25) is 0 Å². The molecule has 6 nitrogen and oxygen atoms in total. The fraction of sp³-hybridized carbons (Fsp3) is 0.385. The number of aryl methyl sites for hydroxylation is 1. The number of hydrogen-bond donors (Lipinski definition) is 1. The summed E-state index contributed by atoms with van der Waals surface area (Å²) in [4.78, 5) is 0. The van der Waals surface area contributed by atoms with Crippen LogP contribution in [0.3, 0.4) is 0 Å². The van der Waals surface area contributed by atoms with Gasteiger partial charge in [-0.1, -0.05) is 16.8 Å². The zero-order valence-electron chi connectivity index (χ0n) is 11.7. The molecule has 0 unspecified atom stereocenters. The normalized spacial score (nSPS) is 10.6. The second kappa shape index (κ2) is 6.58. The summed E-state index contributed by atoms with van der Waals surface area (Å²) >= 11 is 6.07. The molecule has 1 N–H and O–H groups in total. The first-order chi connectivity index (χ1) is 9.63. The highest BCUT2D eigenvalue weighted by atomic mass is 35.5. The first-order valence-corrected chi connectivity index (χ1v) is 6.51. The van der Waals surface area contributed by atoms with Gasteiger partial charge in [-0.25, -0.2) is 0 Å². The second-order valence-electron chi connectivity index (χ2n) is 4.30. The summed E-state index contributed by atoms with van der Waals surface area (Å²) in [6.45, 7) is 0.954. The molecule has 1 aromatic heterocycles. The molecule has 0 bridgehead atoms. The zero-order valence-corrected chi connectivity index (χ0v) is 12.4. The highest BCUT2D eigenvalue weighted by Gasteiger charge is 2.13. The first-order valence-electron chi connectivity index (χ1n) is 6.13. The highest BCUT2D eigenvalue weighted by Crippen LogP contribution is 2.35. The van der Waals surface area contributed by atoms with Crippen LogP contribution in [0, 0.1) is 0 Å². The van der Waals surface area contributed by atoms with E-state index in [1.807, 2.05) is 20.2 Å². The molecule has 0 spiro atoms. The maximum Gasteiger partial charge on any atom is 0.166 e. The molecule has 20 heavy (non-hydrogen) atoms. The van der Waals surface area contributed by atoms with E-state index in [0.29, 0.717) is 29.7 Å². The number of nitrogens with one attached hydrogen (secondary N) is 1. The van der Waals surface area contributed by atoms with E-state index in [4.69, 9.17) is 21.1 Å². The van der Waals surface area contributed by atoms with Crippen LogP contribution < -0.4 is 14.8 Å². The molecule has 1 heterocycles. The lowest BCUT2D eigenvalue weighted by Crippen LogP contribution is -2.09. The van der Waals surface area contributed by atoms with Crippen molar-refractivity contribution in [3.8, 4) is 11.5 Å². The van der Waals surface area contributed by atoms with Crippen molar-refractivity contribution in [2.24, 2.45) is 7.05 Å². The maximum absolute atomic E-state index is 6.07. The number of benzene rings is 1. The van der Waals surface area contributed by atoms with Gasteiger partial charge in [0, 0.05) is 30.2 Å². The summed E-state index contributed by atoms with van der Waals surface area (Å²) in [6, 6.07) is 3.58. The molecule has 1 aromatic carbocycles. The van der Waals surface area contributed by atoms with E-state index in [0.717, 1.165) is 11.3 Å². The summed E-state index contributed by atoms with van der Waals surface area (Å²) in [5.74, 6) is 1.27. The van der Waals surface area contributed by atoms with Gasteiger partial charge in [0.25, 0.3) is 0 Å². The molecule has 0 aliphatic rings. The Morgan fingerprint density at radius 1 is 1.40 bits per heavy atom. The smallest absolute Gasteiger partial charge is 0.166 e.